The molecule has 0 aliphatic carbocycles. The summed E-state index contributed by atoms with van der Waals surface area (Å²) in [5.41, 5.74) is 5.09. The van der Waals surface area contributed by atoms with E-state index in [0.717, 1.165) is 59.6 Å². The fourth-order valence-corrected chi connectivity index (χ4v) is 7.28. The minimum absolute atomic E-state index is 0.0972. The van der Waals surface area contributed by atoms with Crippen molar-refractivity contribution in [2.75, 3.05) is 37.6 Å². The van der Waals surface area contributed by atoms with Gasteiger partial charge in [-0.05, 0) is 55.6 Å². The first-order chi connectivity index (χ1) is 18.7. The molecule has 1 N–H and O–H groups in total. The van der Waals surface area contributed by atoms with Gasteiger partial charge in [-0.15, -0.1) is 11.3 Å². The molecule has 12 heteroatoms. The van der Waals surface area contributed by atoms with Gasteiger partial charge in [-0.2, -0.15) is 13.2 Å². The quantitative estimate of drug-likeness (QED) is 0.437. The highest BCUT2D eigenvalue weighted by molar-refractivity contribution is 7.19. The number of fused-ring (bicyclic) bond motifs is 2. The molecule has 7 nitrogen and oxygen atoms in total. The molecule has 3 aliphatic heterocycles. The van der Waals surface area contributed by atoms with Gasteiger partial charge in [0.25, 0.3) is 0 Å². The number of rotatable bonds is 5. The van der Waals surface area contributed by atoms with Crippen molar-refractivity contribution in [1.82, 2.24) is 20.1 Å². The van der Waals surface area contributed by atoms with Crippen molar-refractivity contribution in [3.05, 3.63) is 45.9 Å². The first-order valence-corrected chi connectivity index (χ1v) is 14.2. The summed E-state index contributed by atoms with van der Waals surface area (Å²) in [4.78, 5) is 34.6. The second-order valence-electron chi connectivity index (χ2n) is 10.2. The third-order valence-electron chi connectivity index (χ3n) is 7.60. The second kappa shape index (κ2) is 10.3. The normalized spacial score (nSPS) is 20.3. The van der Waals surface area contributed by atoms with Gasteiger partial charge in [-0.3, -0.25) is 14.7 Å². The maximum absolute atomic E-state index is 13.0. The van der Waals surface area contributed by atoms with Gasteiger partial charge in [0, 0.05) is 65.0 Å². The van der Waals surface area contributed by atoms with E-state index in [2.05, 4.69) is 15.2 Å². The number of aryl methyl sites for hydroxylation is 1. The molecule has 5 heterocycles. The van der Waals surface area contributed by atoms with Crippen LogP contribution in [-0.2, 0) is 17.8 Å². The number of amides is 3. The summed E-state index contributed by atoms with van der Waals surface area (Å²) in [5, 5.41) is 4.12. The highest BCUT2D eigenvalue weighted by Crippen LogP contribution is 2.44. The Morgan fingerprint density at radius 3 is 2.74 bits per heavy atom. The number of aromatic nitrogens is 1. The van der Waals surface area contributed by atoms with Gasteiger partial charge in [0.15, 0.2) is 0 Å². The van der Waals surface area contributed by atoms with Crippen molar-refractivity contribution in [2.45, 2.75) is 44.4 Å². The van der Waals surface area contributed by atoms with Crippen molar-refractivity contribution in [1.29, 1.82) is 0 Å². The van der Waals surface area contributed by atoms with E-state index >= 15 is 0 Å². The molecule has 0 bridgehead atoms. The zero-order valence-electron chi connectivity index (χ0n) is 21.1. The fraction of sp³-hybridized carbons (Fsp3) is 0.444. The Kier molecular flexibility index (Phi) is 6.93. The van der Waals surface area contributed by atoms with Gasteiger partial charge in [-0.1, -0.05) is 11.6 Å². The van der Waals surface area contributed by atoms with Crippen LogP contribution >= 0.6 is 22.9 Å². The summed E-state index contributed by atoms with van der Waals surface area (Å²) in [6.07, 6.45) is 0.125. The molecule has 39 heavy (non-hydrogen) atoms. The molecule has 2 saturated heterocycles. The minimum Gasteiger partial charge on any atom is -0.366 e. The molecule has 3 amide bonds. The Hall–Kier alpha value is -2.89. The van der Waals surface area contributed by atoms with Crippen LogP contribution in [0.3, 0.4) is 0 Å². The number of imide groups is 1. The van der Waals surface area contributed by atoms with E-state index < -0.39 is 24.7 Å². The van der Waals surface area contributed by atoms with Crippen LogP contribution in [-0.4, -0.2) is 71.7 Å². The number of hydrogen-bond acceptors (Lipinski definition) is 6. The molecule has 0 spiro atoms. The largest absolute Gasteiger partial charge is 0.406 e. The molecule has 3 aliphatic rings. The summed E-state index contributed by atoms with van der Waals surface area (Å²) < 4.78 is 39.8. The van der Waals surface area contributed by atoms with Gasteiger partial charge < -0.3 is 15.1 Å². The number of benzene rings is 1. The first-order valence-electron chi connectivity index (χ1n) is 13.0. The summed E-state index contributed by atoms with van der Waals surface area (Å²) >= 11 is 8.00. The van der Waals surface area contributed by atoms with Gasteiger partial charge in [0.05, 0.1) is 16.8 Å². The molecule has 6 rings (SSSR count). The molecule has 3 aromatic rings. The summed E-state index contributed by atoms with van der Waals surface area (Å²) in [5.74, 6) is -0.478. The second-order valence-corrected chi connectivity index (χ2v) is 11.8. The van der Waals surface area contributed by atoms with Crippen LogP contribution in [0.15, 0.2) is 30.5 Å². The molecule has 0 radical (unpaired) electrons. The highest BCUT2D eigenvalue weighted by Gasteiger charge is 2.39. The van der Waals surface area contributed by atoms with E-state index in [-0.39, 0.29) is 19.5 Å². The van der Waals surface area contributed by atoms with Crippen molar-refractivity contribution >= 4 is 50.8 Å². The van der Waals surface area contributed by atoms with E-state index in [1.807, 2.05) is 24.3 Å². The summed E-state index contributed by atoms with van der Waals surface area (Å²) in [6, 6.07) is 7.28. The van der Waals surface area contributed by atoms with E-state index in [1.54, 1.807) is 6.20 Å². The fourth-order valence-electron chi connectivity index (χ4n) is 5.90. The van der Waals surface area contributed by atoms with Crippen LogP contribution < -0.4 is 10.2 Å². The number of nitrogens with one attached hydrogen (secondary N) is 1. The van der Waals surface area contributed by atoms with Crippen LogP contribution in [0.5, 0.6) is 0 Å². The number of thiophene rings is 1. The molecule has 0 unspecified atom stereocenters. The van der Waals surface area contributed by atoms with E-state index in [0.29, 0.717) is 26.4 Å². The van der Waals surface area contributed by atoms with Crippen molar-refractivity contribution in [3.8, 4) is 11.1 Å². The molecule has 2 fully saturated rings. The van der Waals surface area contributed by atoms with Crippen molar-refractivity contribution in [2.24, 2.45) is 0 Å². The zero-order valence-corrected chi connectivity index (χ0v) is 22.6. The minimum atomic E-state index is -4.53. The molecule has 2 aromatic heterocycles. The number of nitrogens with zero attached hydrogens (tertiary/aromatic N) is 4. The van der Waals surface area contributed by atoms with Gasteiger partial charge in [0.2, 0.25) is 5.91 Å². The maximum Gasteiger partial charge on any atom is 0.406 e. The van der Waals surface area contributed by atoms with Crippen LogP contribution in [0.1, 0.15) is 29.7 Å². The highest BCUT2D eigenvalue weighted by atomic mass is 35.5. The molecular formula is C27H27ClF3N5O2S. The van der Waals surface area contributed by atoms with Gasteiger partial charge in [0.1, 0.15) is 6.54 Å². The van der Waals surface area contributed by atoms with E-state index in [1.165, 1.54) is 22.6 Å². The number of carbonyl (C=O) groups is 2. The topological polar surface area (TPSA) is 68.8 Å². The summed E-state index contributed by atoms with van der Waals surface area (Å²) in [6.45, 7) is 1.17. The van der Waals surface area contributed by atoms with Gasteiger partial charge >= 0.3 is 12.2 Å². The first kappa shape index (κ1) is 26.3. The lowest BCUT2D eigenvalue weighted by atomic mass is 9.92. The van der Waals surface area contributed by atoms with Crippen LogP contribution in [0.25, 0.3) is 21.3 Å². The number of halogens is 4. The van der Waals surface area contributed by atoms with Crippen LogP contribution in [0, 0.1) is 0 Å². The maximum atomic E-state index is 13.0. The number of pyridine rings is 1. The van der Waals surface area contributed by atoms with Gasteiger partial charge in [-0.25, -0.2) is 4.79 Å². The lowest BCUT2D eigenvalue weighted by molar-refractivity contribution is -0.149. The number of urea groups is 1. The van der Waals surface area contributed by atoms with Crippen LogP contribution in [0.2, 0.25) is 5.02 Å². The molecule has 1 aromatic carbocycles. The predicted octanol–water partition coefficient (Wildman–Crippen LogP) is 5.45. The van der Waals surface area contributed by atoms with E-state index in [4.69, 9.17) is 11.6 Å². The predicted molar refractivity (Wildman–Crippen MR) is 145 cm³/mol. The Morgan fingerprint density at radius 1 is 1.13 bits per heavy atom. The number of carbonyl (C=O) groups excluding carboxylic acids is 2. The monoisotopic (exact) mass is 577 g/mol. The van der Waals surface area contributed by atoms with E-state index in [9.17, 15) is 22.8 Å². The Labute approximate surface area is 232 Å². The third-order valence-corrected chi connectivity index (χ3v) is 8.96. The molecule has 206 valence electrons. The third kappa shape index (κ3) is 5.19. The van der Waals surface area contributed by atoms with Crippen molar-refractivity contribution < 1.29 is 22.8 Å². The molecular weight excluding hydrogens is 551 g/mol. The Bertz CT molecular complexity index is 1440. The molecule has 0 saturated carbocycles. The number of alkyl halides is 3. The smallest absolute Gasteiger partial charge is 0.366 e. The number of hydrogen-bond donors (Lipinski definition) is 1. The average molecular weight is 578 g/mol. The zero-order chi connectivity index (χ0) is 27.3. The summed E-state index contributed by atoms with van der Waals surface area (Å²) in [7, 11) is 0. The number of anilines is 1. The standard InChI is InChI=1S/C27H27ClF3N5O2S/c28-17-10-16-2-1-8-35(18-3-6-32-13-18)24(16)21(11-17)20-4-7-33-22-12-19(39-25(20)22)14-36-23(37)5-9-34(26(36)38)15-27(29,30)31/h4,7,10-12,18,32H,1-3,5-6,8-9,13-15H2/t18-/m0/s1. The Balaban J connectivity index is 1.37. The molecule has 1 atom stereocenters. The Morgan fingerprint density at radius 2 is 1.97 bits per heavy atom. The van der Waals surface area contributed by atoms with Crippen LogP contribution in [0.4, 0.5) is 23.7 Å². The lowest BCUT2D eigenvalue weighted by Gasteiger charge is -2.38. The average Bonchev–Trinajstić information content (AvgIpc) is 3.56. The lowest BCUT2D eigenvalue weighted by Crippen LogP contribution is -2.53. The SMILES string of the molecule is O=C1CCN(CC(F)(F)F)C(=O)N1Cc1cc2nccc(-c3cc(Cl)cc4c3N([C@H]3CCNC3)CCC4)c2s1. The van der Waals surface area contributed by atoms with Crippen molar-refractivity contribution in [3.63, 3.8) is 0 Å².